The summed E-state index contributed by atoms with van der Waals surface area (Å²) in [6, 6.07) is 5.26. The third-order valence-electron chi connectivity index (χ3n) is 2.37. The van der Waals surface area contributed by atoms with E-state index < -0.39 is 0 Å². The first kappa shape index (κ1) is 12.9. The van der Waals surface area contributed by atoms with Crippen LogP contribution in [0.4, 0.5) is 0 Å². The Bertz CT molecular complexity index is 348. The van der Waals surface area contributed by atoms with Crippen molar-refractivity contribution in [2.24, 2.45) is 0 Å². The summed E-state index contributed by atoms with van der Waals surface area (Å²) in [6.45, 7) is 5.98. The van der Waals surface area contributed by atoms with E-state index in [0.29, 0.717) is 0 Å². The van der Waals surface area contributed by atoms with Gasteiger partial charge in [-0.2, -0.15) is 0 Å². The normalized spacial score (nSPS) is 10.9. The van der Waals surface area contributed by atoms with Crippen molar-refractivity contribution in [3.05, 3.63) is 34.2 Å². The molecule has 1 heterocycles. The quantitative estimate of drug-likeness (QED) is 0.672. The topological polar surface area (TPSA) is 48.1 Å². The first-order valence-electron chi connectivity index (χ1n) is 5.80. The van der Waals surface area contributed by atoms with Crippen molar-refractivity contribution in [3.8, 4) is 0 Å². The molecule has 0 aliphatic rings. The van der Waals surface area contributed by atoms with Gasteiger partial charge in [0.2, 0.25) is 5.56 Å². The van der Waals surface area contributed by atoms with Crippen LogP contribution in [-0.4, -0.2) is 36.6 Å². The number of rotatable bonds is 7. The third-order valence-corrected chi connectivity index (χ3v) is 2.37. The van der Waals surface area contributed by atoms with Gasteiger partial charge in [0.25, 0.3) is 0 Å². The van der Waals surface area contributed by atoms with E-state index in [1.807, 2.05) is 6.07 Å². The molecule has 1 aromatic heterocycles. The predicted octanol–water partition coefficient (Wildman–Crippen LogP) is 0.806. The molecule has 0 saturated heterocycles. The van der Waals surface area contributed by atoms with Gasteiger partial charge in [0, 0.05) is 31.4 Å². The maximum atomic E-state index is 11.1. The number of hydrogen-bond acceptors (Lipinski definition) is 3. The summed E-state index contributed by atoms with van der Waals surface area (Å²) in [4.78, 5) is 16.1. The minimum absolute atomic E-state index is 0.0324. The van der Waals surface area contributed by atoms with Crippen molar-refractivity contribution in [3.63, 3.8) is 0 Å². The van der Waals surface area contributed by atoms with Gasteiger partial charge in [-0.3, -0.25) is 9.69 Å². The number of aromatic amines is 1. The summed E-state index contributed by atoms with van der Waals surface area (Å²) in [5.41, 5.74) is 0.931. The Morgan fingerprint density at radius 2 is 2.19 bits per heavy atom. The third kappa shape index (κ3) is 5.09. The van der Waals surface area contributed by atoms with E-state index in [-0.39, 0.29) is 5.56 Å². The molecule has 16 heavy (non-hydrogen) atoms. The van der Waals surface area contributed by atoms with Crippen molar-refractivity contribution in [2.75, 3.05) is 26.7 Å². The average Bonchev–Trinajstić information content (AvgIpc) is 2.24. The van der Waals surface area contributed by atoms with Crippen LogP contribution in [0, 0.1) is 0 Å². The van der Waals surface area contributed by atoms with E-state index in [1.54, 1.807) is 6.07 Å². The highest BCUT2D eigenvalue weighted by atomic mass is 16.1. The van der Waals surface area contributed by atoms with Crippen LogP contribution in [0.5, 0.6) is 0 Å². The van der Waals surface area contributed by atoms with Crippen molar-refractivity contribution < 1.29 is 0 Å². The molecule has 4 heteroatoms. The summed E-state index contributed by atoms with van der Waals surface area (Å²) in [5.74, 6) is 0. The van der Waals surface area contributed by atoms with Crippen LogP contribution < -0.4 is 10.9 Å². The summed E-state index contributed by atoms with van der Waals surface area (Å²) < 4.78 is 0. The lowest BCUT2D eigenvalue weighted by Crippen LogP contribution is -2.29. The number of nitrogens with zero attached hydrogens (tertiary/aromatic N) is 1. The van der Waals surface area contributed by atoms with Gasteiger partial charge in [0.05, 0.1) is 0 Å². The van der Waals surface area contributed by atoms with E-state index in [1.165, 1.54) is 6.07 Å². The van der Waals surface area contributed by atoms with Crippen molar-refractivity contribution in [1.29, 1.82) is 0 Å². The smallest absolute Gasteiger partial charge is 0.248 e. The summed E-state index contributed by atoms with van der Waals surface area (Å²) >= 11 is 0. The Labute approximate surface area is 96.7 Å². The molecule has 0 aliphatic heterocycles. The molecule has 0 saturated carbocycles. The molecular formula is C12H21N3O. The second kappa shape index (κ2) is 7.19. The van der Waals surface area contributed by atoms with Gasteiger partial charge in [-0.1, -0.05) is 13.0 Å². The van der Waals surface area contributed by atoms with Gasteiger partial charge in [-0.25, -0.2) is 0 Å². The summed E-state index contributed by atoms with van der Waals surface area (Å²) in [6.07, 6.45) is 1.16. The molecule has 0 radical (unpaired) electrons. The second-order valence-electron chi connectivity index (χ2n) is 4.03. The number of H-pyrrole nitrogens is 1. The number of pyridine rings is 1. The van der Waals surface area contributed by atoms with E-state index >= 15 is 0 Å². The van der Waals surface area contributed by atoms with E-state index in [9.17, 15) is 4.79 Å². The zero-order valence-corrected chi connectivity index (χ0v) is 10.1. The SMILES string of the molecule is CCCNCCN(C)Cc1cccc(=O)[nH]1. The fraction of sp³-hybridized carbons (Fsp3) is 0.583. The molecule has 1 aromatic rings. The molecule has 0 amide bonds. The van der Waals surface area contributed by atoms with Gasteiger partial charge in [0.15, 0.2) is 0 Å². The Kier molecular flexibility index (Phi) is 5.82. The number of likely N-dealkylation sites (N-methyl/N-ethyl adjacent to an activating group) is 1. The Balaban J connectivity index is 2.28. The Hall–Kier alpha value is -1.13. The highest BCUT2D eigenvalue weighted by Gasteiger charge is 2.00. The summed E-state index contributed by atoms with van der Waals surface area (Å²) in [5, 5.41) is 3.35. The van der Waals surface area contributed by atoms with Gasteiger partial charge in [-0.05, 0) is 26.1 Å². The van der Waals surface area contributed by atoms with Crippen LogP contribution >= 0.6 is 0 Å². The molecule has 4 nitrogen and oxygen atoms in total. The van der Waals surface area contributed by atoms with Crippen molar-refractivity contribution in [1.82, 2.24) is 15.2 Å². The molecule has 0 aromatic carbocycles. The molecule has 2 N–H and O–H groups in total. The molecule has 0 bridgehead atoms. The number of nitrogens with one attached hydrogen (secondary N) is 2. The first-order valence-corrected chi connectivity index (χ1v) is 5.80. The Morgan fingerprint density at radius 1 is 1.38 bits per heavy atom. The van der Waals surface area contributed by atoms with Gasteiger partial charge in [-0.15, -0.1) is 0 Å². The van der Waals surface area contributed by atoms with Gasteiger partial charge >= 0.3 is 0 Å². The fourth-order valence-corrected chi connectivity index (χ4v) is 1.53. The highest BCUT2D eigenvalue weighted by Crippen LogP contribution is 1.95. The maximum absolute atomic E-state index is 11.1. The Morgan fingerprint density at radius 3 is 2.88 bits per heavy atom. The number of hydrogen-bond donors (Lipinski definition) is 2. The fourth-order valence-electron chi connectivity index (χ4n) is 1.53. The summed E-state index contributed by atoms with van der Waals surface area (Å²) in [7, 11) is 2.05. The molecule has 0 fully saturated rings. The minimum Gasteiger partial charge on any atom is -0.325 e. The van der Waals surface area contributed by atoms with Crippen LogP contribution in [0.2, 0.25) is 0 Å². The van der Waals surface area contributed by atoms with Gasteiger partial charge in [0.1, 0.15) is 0 Å². The molecule has 0 atom stereocenters. The monoisotopic (exact) mass is 223 g/mol. The average molecular weight is 223 g/mol. The second-order valence-corrected chi connectivity index (χ2v) is 4.03. The first-order chi connectivity index (χ1) is 7.72. The van der Waals surface area contributed by atoms with Gasteiger partial charge < -0.3 is 10.3 Å². The largest absolute Gasteiger partial charge is 0.325 e. The highest BCUT2D eigenvalue weighted by molar-refractivity contribution is 5.03. The van der Waals surface area contributed by atoms with Crippen LogP contribution in [0.3, 0.4) is 0 Å². The van der Waals surface area contributed by atoms with Crippen LogP contribution in [0.25, 0.3) is 0 Å². The minimum atomic E-state index is -0.0324. The molecule has 0 aliphatic carbocycles. The molecule has 1 rings (SSSR count). The lowest BCUT2D eigenvalue weighted by Gasteiger charge is -2.16. The number of aromatic nitrogens is 1. The lowest BCUT2D eigenvalue weighted by molar-refractivity contribution is 0.320. The van der Waals surface area contributed by atoms with Crippen LogP contribution in [0.1, 0.15) is 19.0 Å². The predicted molar refractivity (Wildman–Crippen MR) is 66.6 cm³/mol. The molecular weight excluding hydrogens is 202 g/mol. The zero-order chi connectivity index (χ0) is 11.8. The lowest BCUT2D eigenvalue weighted by atomic mass is 10.3. The standard InChI is InChI=1S/C12H21N3O/c1-3-7-13-8-9-15(2)10-11-5-4-6-12(16)14-11/h4-6,13H,3,7-10H2,1-2H3,(H,14,16). The van der Waals surface area contributed by atoms with E-state index in [4.69, 9.17) is 0 Å². The van der Waals surface area contributed by atoms with E-state index in [0.717, 1.165) is 38.3 Å². The zero-order valence-electron chi connectivity index (χ0n) is 10.1. The van der Waals surface area contributed by atoms with Crippen molar-refractivity contribution >= 4 is 0 Å². The van der Waals surface area contributed by atoms with E-state index in [2.05, 4.69) is 29.2 Å². The molecule has 90 valence electrons. The van der Waals surface area contributed by atoms with Crippen LogP contribution in [-0.2, 0) is 6.54 Å². The molecule has 0 spiro atoms. The van der Waals surface area contributed by atoms with Crippen LogP contribution in [0.15, 0.2) is 23.0 Å². The molecule has 0 unspecified atom stereocenters. The maximum Gasteiger partial charge on any atom is 0.248 e. The van der Waals surface area contributed by atoms with Crippen molar-refractivity contribution in [2.45, 2.75) is 19.9 Å².